The molecule has 1 fully saturated rings. The summed E-state index contributed by atoms with van der Waals surface area (Å²) in [6, 6.07) is 0.614. The summed E-state index contributed by atoms with van der Waals surface area (Å²) in [6.45, 7) is 6.58. The van der Waals surface area contributed by atoms with Gasteiger partial charge >= 0.3 is 0 Å². The smallest absolute Gasteiger partial charge is 0.0881 e. The monoisotopic (exact) mass is 237 g/mol. The minimum atomic E-state index is -0.476. The quantitative estimate of drug-likeness (QED) is 0.746. The predicted molar refractivity (Wildman–Crippen MR) is 72.1 cm³/mol. The van der Waals surface area contributed by atoms with Gasteiger partial charge in [-0.25, -0.2) is 0 Å². The first kappa shape index (κ1) is 13.1. The van der Waals surface area contributed by atoms with Crippen molar-refractivity contribution >= 4 is 0 Å². The van der Waals surface area contributed by atoms with E-state index in [4.69, 9.17) is 0 Å². The number of hydrogen-bond donors (Lipinski definition) is 1. The Kier molecular flexibility index (Phi) is 4.26. The predicted octanol–water partition coefficient (Wildman–Crippen LogP) is 3.11. The third-order valence-corrected chi connectivity index (χ3v) is 4.49. The molecule has 1 aliphatic heterocycles. The Morgan fingerprint density at radius 1 is 1.18 bits per heavy atom. The van der Waals surface area contributed by atoms with Crippen LogP contribution in [0.15, 0.2) is 11.6 Å². The molecule has 1 N–H and O–H groups in total. The molecule has 2 aliphatic rings. The standard InChI is InChI=1S/C15H27NO/c1-13(2)16-11-9-15(17,10-12-16)14-7-5-3-4-6-8-14/h7,13,17H,3-6,8-12H2,1-2H3. The maximum Gasteiger partial charge on any atom is 0.0881 e. The highest BCUT2D eigenvalue weighted by Gasteiger charge is 2.35. The van der Waals surface area contributed by atoms with E-state index in [-0.39, 0.29) is 0 Å². The van der Waals surface area contributed by atoms with Crippen LogP contribution in [0, 0.1) is 0 Å². The summed E-state index contributed by atoms with van der Waals surface area (Å²) in [5, 5.41) is 10.8. The highest BCUT2D eigenvalue weighted by atomic mass is 16.3. The molecule has 2 nitrogen and oxygen atoms in total. The Hall–Kier alpha value is -0.340. The molecule has 1 heterocycles. The first-order valence-electron chi connectivity index (χ1n) is 7.28. The second-order valence-corrected chi connectivity index (χ2v) is 5.99. The van der Waals surface area contributed by atoms with Crippen LogP contribution < -0.4 is 0 Å². The van der Waals surface area contributed by atoms with Crippen molar-refractivity contribution in [3.63, 3.8) is 0 Å². The van der Waals surface area contributed by atoms with Crippen molar-refractivity contribution in [2.24, 2.45) is 0 Å². The molecule has 17 heavy (non-hydrogen) atoms. The van der Waals surface area contributed by atoms with Gasteiger partial charge in [0, 0.05) is 19.1 Å². The van der Waals surface area contributed by atoms with Gasteiger partial charge in [0.15, 0.2) is 0 Å². The Morgan fingerprint density at radius 2 is 1.88 bits per heavy atom. The molecule has 0 radical (unpaired) electrons. The summed E-state index contributed by atoms with van der Waals surface area (Å²) in [5.41, 5.74) is 0.869. The lowest BCUT2D eigenvalue weighted by atomic mass is 9.81. The van der Waals surface area contributed by atoms with Crippen LogP contribution in [0.1, 0.15) is 58.8 Å². The fourth-order valence-electron chi connectivity index (χ4n) is 3.17. The molecular formula is C15H27NO. The second kappa shape index (κ2) is 5.53. The van der Waals surface area contributed by atoms with E-state index >= 15 is 0 Å². The first-order chi connectivity index (χ1) is 8.12. The number of rotatable bonds is 2. The summed E-state index contributed by atoms with van der Waals surface area (Å²) in [7, 11) is 0. The molecule has 98 valence electrons. The maximum absolute atomic E-state index is 10.8. The Balaban J connectivity index is 1.98. The summed E-state index contributed by atoms with van der Waals surface area (Å²) < 4.78 is 0. The van der Waals surface area contributed by atoms with Crippen molar-refractivity contribution in [1.82, 2.24) is 4.90 Å². The van der Waals surface area contributed by atoms with Crippen LogP contribution in [-0.2, 0) is 0 Å². The van der Waals surface area contributed by atoms with E-state index in [2.05, 4.69) is 24.8 Å². The molecule has 0 aromatic carbocycles. The molecule has 0 saturated carbocycles. The molecule has 0 atom stereocenters. The molecule has 1 saturated heterocycles. The molecule has 1 aliphatic carbocycles. The van der Waals surface area contributed by atoms with Crippen LogP contribution in [0.25, 0.3) is 0 Å². The van der Waals surface area contributed by atoms with Crippen LogP contribution in [0.5, 0.6) is 0 Å². The molecule has 2 rings (SSSR count). The SMILES string of the molecule is CC(C)N1CCC(O)(C2=CCCCCC2)CC1. The average Bonchev–Trinajstić information content (AvgIpc) is 2.58. The number of likely N-dealkylation sites (tertiary alicyclic amines) is 1. The normalized spacial score (nSPS) is 26.7. The summed E-state index contributed by atoms with van der Waals surface area (Å²) >= 11 is 0. The van der Waals surface area contributed by atoms with E-state index in [1.54, 1.807) is 0 Å². The third kappa shape index (κ3) is 3.11. The molecular weight excluding hydrogens is 210 g/mol. The maximum atomic E-state index is 10.8. The van der Waals surface area contributed by atoms with Gasteiger partial charge in [0.1, 0.15) is 0 Å². The van der Waals surface area contributed by atoms with E-state index in [0.29, 0.717) is 6.04 Å². The number of piperidine rings is 1. The van der Waals surface area contributed by atoms with Gasteiger partial charge in [-0.1, -0.05) is 12.5 Å². The highest BCUT2D eigenvalue weighted by Crippen LogP contribution is 2.35. The summed E-state index contributed by atoms with van der Waals surface area (Å²) in [5.74, 6) is 0. The van der Waals surface area contributed by atoms with E-state index in [1.165, 1.54) is 31.3 Å². The van der Waals surface area contributed by atoms with Gasteiger partial charge in [0.05, 0.1) is 5.60 Å². The minimum Gasteiger partial charge on any atom is -0.385 e. The molecule has 0 aromatic heterocycles. The van der Waals surface area contributed by atoms with Gasteiger partial charge in [-0.3, -0.25) is 0 Å². The average molecular weight is 237 g/mol. The Bertz CT molecular complexity index is 275. The molecule has 0 aromatic rings. The summed E-state index contributed by atoms with van der Waals surface area (Å²) in [4.78, 5) is 2.48. The summed E-state index contributed by atoms with van der Waals surface area (Å²) in [6.07, 6.45) is 10.4. The van der Waals surface area contributed by atoms with Crippen molar-refractivity contribution in [1.29, 1.82) is 0 Å². The number of allylic oxidation sites excluding steroid dienone is 1. The van der Waals surface area contributed by atoms with Crippen molar-refractivity contribution < 1.29 is 5.11 Å². The zero-order chi connectivity index (χ0) is 12.3. The topological polar surface area (TPSA) is 23.5 Å². The van der Waals surface area contributed by atoms with Crippen LogP contribution >= 0.6 is 0 Å². The van der Waals surface area contributed by atoms with Crippen molar-refractivity contribution in [2.45, 2.75) is 70.4 Å². The zero-order valence-corrected chi connectivity index (χ0v) is 11.4. The van der Waals surface area contributed by atoms with E-state index < -0.39 is 5.60 Å². The van der Waals surface area contributed by atoms with Crippen molar-refractivity contribution in [2.75, 3.05) is 13.1 Å². The van der Waals surface area contributed by atoms with Crippen molar-refractivity contribution in [3.05, 3.63) is 11.6 Å². The van der Waals surface area contributed by atoms with Crippen LogP contribution in [0.2, 0.25) is 0 Å². The van der Waals surface area contributed by atoms with Gasteiger partial charge < -0.3 is 10.0 Å². The molecule has 0 unspecified atom stereocenters. The van der Waals surface area contributed by atoms with Crippen LogP contribution in [0.3, 0.4) is 0 Å². The highest BCUT2D eigenvalue weighted by molar-refractivity contribution is 5.19. The fourth-order valence-corrected chi connectivity index (χ4v) is 3.17. The van der Waals surface area contributed by atoms with Crippen molar-refractivity contribution in [3.8, 4) is 0 Å². The fraction of sp³-hybridized carbons (Fsp3) is 0.867. The first-order valence-corrected chi connectivity index (χ1v) is 7.28. The molecule has 0 spiro atoms. The van der Waals surface area contributed by atoms with Gasteiger partial charge in [-0.05, 0) is 57.9 Å². The van der Waals surface area contributed by atoms with Gasteiger partial charge in [-0.2, -0.15) is 0 Å². The largest absolute Gasteiger partial charge is 0.385 e. The van der Waals surface area contributed by atoms with E-state index in [0.717, 1.165) is 32.4 Å². The number of nitrogens with zero attached hydrogens (tertiary/aromatic N) is 1. The van der Waals surface area contributed by atoms with Gasteiger partial charge in [0.2, 0.25) is 0 Å². The van der Waals surface area contributed by atoms with Gasteiger partial charge in [-0.15, -0.1) is 0 Å². The second-order valence-electron chi connectivity index (χ2n) is 5.99. The number of hydrogen-bond acceptors (Lipinski definition) is 2. The molecule has 0 bridgehead atoms. The minimum absolute atomic E-state index is 0.476. The van der Waals surface area contributed by atoms with Crippen LogP contribution in [0.4, 0.5) is 0 Å². The van der Waals surface area contributed by atoms with Crippen LogP contribution in [-0.4, -0.2) is 34.7 Å². The molecule has 2 heteroatoms. The zero-order valence-electron chi connectivity index (χ0n) is 11.4. The van der Waals surface area contributed by atoms with E-state index in [1.807, 2.05) is 0 Å². The van der Waals surface area contributed by atoms with Gasteiger partial charge in [0.25, 0.3) is 0 Å². The Labute approximate surface area is 106 Å². The third-order valence-electron chi connectivity index (χ3n) is 4.49. The lowest BCUT2D eigenvalue weighted by molar-refractivity contribution is -0.00128. The lowest BCUT2D eigenvalue weighted by Gasteiger charge is -2.41. The van der Waals surface area contributed by atoms with E-state index in [9.17, 15) is 5.11 Å². The molecule has 0 amide bonds. The lowest BCUT2D eigenvalue weighted by Crippen LogP contribution is -2.47. The Morgan fingerprint density at radius 3 is 2.53 bits per heavy atom. The number of aliphatic hydroxyl groups is 1.